The van der Waals surface area contributed by atoms with Crippen molar-refractivity contribution < 1.29 is 44.6 Å². The van der Waals surface area contributed by atoms with Crippen molar-refractivity contribution >= 4 is 49.4 Å². The Morgan fingerprint density at radius 1 is 1.16 bits per heavy atom. The summed E-state index contributed by atoms with van der Waals surface area (Å²) in [6, 6.07) is 11.1. The molecule has 6 atom stereocenters. The molecule has 44 heavy (non-hydrogen) atoms. The Hall–Kier alpha value is -2.65. The smallest absolute Gasteiger partial charge is 0.377 e. The van der Waals surface area contributed by atoms with Crippen molar-refractivity contribution in [1.29, 1.82) is 0 Å². The highest BCUT2D eigenvalue weighted by atomic mass is 79.9. The molecule has 0 spiro atoms. The zero-order chi connectivity index (χ0) is 31.9. The van der Waals surface area contributed by atoms with E-state index in [1.54, 1.807) is 12.1 Å². The monoisotopic (exact) mass is 694 g/mol. The second-order valence-electron chi connectivity index (χ2n) is 11.0. The topological polar surface area (TPSA) is 179 Å². The summed E-state index contributed by atoms with van der Waals surface area (Å²) in [5.74, 6) is -4.45. The number of carbonyl (C=O) groups excluding carboxylic acids is 1. The van der Waals surface area contributed by atoms with Gasteiger partial charge < -0.3 is 40.3 Å². The van der Waals surface area contributed by atoms with Gasteiger partial charge in [-0.05, 0) is 36.8 Å². The summed E-state index contributed by atoms with van der Waals surface area (Å²) in [7, 11) is 0. The number of nitrogens with one attached hydrogen (secondary N) is 1. The number of aliphatic carboxylic acids is 1. The third kappa shape index (κ3) is 8.13. The maximum Gasteiger partial charge on any atom is 0.377 e. The van der Waals surface area contributed by atoms with E-state index in [1.165, 1.54) is 17.4 Å². The van der Waals surface area contributed by atoms with Crippen LogP contribution < -0.4 is 10.1 Å². The van der Waals surface area contributed by atoms with Crippen LogP contribution in [-0.4, -0.2) is 85.2 Å². The number of para-hydroxylation sites is 1. The molecule has 13 heteroatoms. The molecule has 1 aliphatic rings. The van der Waals surface area contributed by atoms with Crippen LogP contribution in [0.15, 0.2) is 46.9 Å². The number of hydrogen-bond acceptors (Lipinski definition) is 10. The van der Waals surface area contributed by atoms with E-state index in [9.17, 15) is 35.1 Å². The van der Waals surface area contributed by atoms with Crippen molar-refractivity contribution in [3.63, 3.8) is 0 Å². The van der Waals surface area contributed by atoms with Crippen LogP contribution in [0.25, 0.3) is 20.8 Å². The molecule has 240 valence electrons. The molecule has 0 aliphatic carbocycles. The van der Waals surface area contributed by atoms with E-state index in [2.05, 4.69) is 33.2 Å². The van der Waals surface area contributed by atoms with Gasteiger partial charge >= 0.3 is 11.8 Å². The van der Waals surface area contributed by atoms with Gasteiger partial charge in [-0.3, -0.25) is 4.79 Å². The Bertz CT molecular complexity index is 1390. The minimum Gasteiger partial charge on any atom is -0.476 e. The fourth-order valence-corrected chi connectivity index (χ4v) is 6.59. The Kier molecular flexibility index (Phi) is 12.1. The van der Waals surface area contributed by atoms with E-state index in [0.29, 0.717) is 21.5 Å². The fourth-order valence-electron chi connectivity index (χ4n) is 5.24. The summed E-state index contributed by atoms with van der Waals surface area (Å²) < 4.78 is 13.6. The van der Waals surface area contributed by atoms with Crippen LogP contribution in [0.2, 0.25) is 0 Å². The van der Waals surface area contributed by atoms with Crippen LogP contribution in [0.3, 0.4) is 0 Å². The molecule has 1 amide bonds. The Labute approximate surface area is 268 Å². The molecular weight excluding hydrogens is 656 g/mol. The first kappa shape index (κ1) is 34.2. The summed E-state index contributed by atoms with van der Waals surface area (Å²) in [6.45, 7) is 1.25. The van der Waals surface area contributed by atoms with Crippen molar-refractivity contribution in [1.82, 2.24) is 10.3 Å². The van der Waals surface area contributed by atoms with Crippen molar-refractivity contribution in [3.8, 4) is 16.3 Å². The molecule has 1 fully saturated rings. The van der Waals surface area contributed by atoms with Crippen LogP contribution in [0.4, 0.5) is 0 Å². The minimum atomic E-state index is -2.53. The first-order valence-corrected chi connectivity index (χ1v) is 16.4. The molecule has 11 nitrogen and oxygen atoms in total. The number of hydrogen-bond donors (Lipinski definition) is 6. The molecule has 4 rings (SSSR count). The highest BCUT2D eigenvalue weighted by molar-refractivity contribution is 9.10. The molecule has 1 aliphatic heterocycles. The number of fused-ring (bicyclic) bond motifs is 1. The van der Waals surface area contributed by atoms with Gasteiger partial charge in [-0.25, -0.2) is 9.78 Å². The van der Waals surface area contributed by atoms with Crippen molar-refractivity contribution in [2.75, 3.05) is 6.61 Å². The van der Waals surface area contributed by atoms with Crippen molar-refractivity contribution in [2.24, 2.45) is 0 Å². The Morgan fingerprint density at radius 2 is 1.89 bits per heavy atom. The average molecular weight is 696 g/mol. The summed E-state index contributed by atoms with van der Waals surface area (Å²) in [6.07, 6.45) is -1.50. The molecule has 0 bridgehead atoms. The number of aliphatic hydroxyl groups is 4. The maximum atomic E-state index is 12.8. The summed E-state index contributed by atoms with van der Waals surface area (Å²) in [4.78, 5) is 30.3. The predicted octanol–water partition coefficient (Wildman–Crippen LogP) is 3.98. The number of aromatic nitrogens is 1. The lowest BCUT2D eigenvalue weighted by Crippen LogP contribution is -2.68. The number of carboxylic acids is 1. The van der Waals surface area contributed by atoms with E-state index in [-0.39, 0.29) is 12.2 Å². The lowest BCUT2D eigenvalue weighted by atomic mass is 9.88. The third-order valence-corrected chi connectivity index (χ3v) is 9.21. The fraction of sp³-hybridized carbons (Fsp3) is 0.516. The van der Waals surface area contributed by atoms with E-state index in [4.69, 9.17) is 9.47 Å². The van der Waals surface area contributed by atoms with Gasteiger partial charge in [-0.15, -0.1) is 11.3 Å². The van der Waals surface area contributed by atoms with Crippen molar-refractivity contribution in [3.05, 3.63) is 46.9 Å². The zero-order valence-corrected chi connectivity index (χ0v) is 26.8. The second kappa shape index (κ2) is 15.6. The standard InChI is InChI=1S/C31H39BrN2O9S/c1-2-3-4-5-6-7-12-25(38)34-26-21(36)16-31(30(40)41,43-28(26)27(39)22(37)17-35)42-23-14-13-18(32)15-19(23)29-33-20-10-8-9-11-24(20)44-29/h8-11,13-15,21-22,26-28,35-37,39H,2-7,12,16-17H2,1H3,(H,34,38)(H,40,41). The summed E-state index contributed by atoms with van der Waals surface area (Å²) >= 11 is 4.82. The van der Waals surface area contributed by atoms with Gasteiger partial charge in [0, 0.05) is 10.9 Å². The van der Waals surface area contributed by atoms with Crippen molar-refractivity contribution in [2.45, 2.75) is 94.5 Å². The van der Waals surface area contributed by atoms with Crippen LogP contribution in [0.5, 0.6) is 5.75 Å². The lowest BCUT2D eigenvalue weighted by Gasteiger charge is -2.46. The molecule has 6 unspecified atom stereocenters. The largest absolute Gasteiger partial charge is 0.476 e. The number of thiazole rings is 1. The predicted molar refractivity (Wildman–Crippen MR) is 168 cm³/mol. The highest BCUT2D eigenvalue weighted by Crippen LogP contribution is 2.41. The van der Waals surface area contributed by atoms with E-state index in [0.717, 1.165) is 42.3 Å². The van der Waals surface area contributed by atoms with E-state index < -0.39 is 61.1 Å². The third-order valence-electron chi connectivity index (χ3n) is 7.64. The van der Waals surface area contributed by atoms with Crippen LogP contribution in [0, 0.1) is 0 Å². The van der Waals surface area contributed by atoms with Gasteiger partial charge in [0.25, 0.3) is 0 Å². The number of halogens is 1. The molecule has 0 saturated carbocycles. The quantitative estimate of drug-likeness (QED) is 0.127. The lowest BCUT2D eigenvalue weighted by molar-refractivity contribution is -0.284. The van der Waals surface area contributed by atoms with Gasteiger partial charge in [0.1, 0.15) is 29.1 Å². The molecule has 2 aromatic carbocycles. The number of nitrogens with zero attached hydrogens (tertiary/aromatic N) is 1. The number of benzene rings is 2. The van der Waals surface area contributed by atoms with Gasteiger partial charge in [0.05, 0.1) is 41.0 Å². The summed E-state index contributed by atoms with van der Waals surface area (Å²) in [5, 5.41) is 55.5. The van der Waals surface area contributed by atoms with Crippen LogP contribution >= 0.6 is 27.3 Å². The summed E-state index contributed by atoms with van der Waals surface area (Å²) in [5.41, 5.74) is 1.21. The van der Waals surface area contributed by atoms with Gasteiger partial charge in [0.2, 0.25) is 5.91 Å². The van der Waals surface area contributed by atoms with Gasteiger partial charge in [-0.1, -0.05) is 67.1 Å². The highest BCUT2D eigenvalue weighted by Gasteiger charge is 2.57. The molecule has 0 radical (unpaired) electrons. The first-order valence-electron chi connectivity index (χ1n) is 14.8. The normalized spacial score (nSPS) is 23.3. The maximum absolute atomic E-state index is 12.8. The van der Waals surface area contributed by atoms with E-state index >= 15 is 0 Å². The number of amides is 1. The average Bonchev–Trinajstić information content (AvgIpc) is 3.44. The second-order valence-corrected chi connectivity index (χ2v) is 12.9. The number of aliphatic hydroxyl groups excluding tert-OH is 4. The zero-order valence-electron chi connectivity index (χ0n) is 24.4. The minimum absolute atomic E-state index is 0.0864. The molecule has 2 heterocycles. The Balaban J connectivity index is 1.61. The molecule has 1 saturated heterocycles. The molecular formula is C31H39BrN2O9S. The number of rotatable bonds is 15. The van der Waals surface area contributed by atoms with Crippen LogP contribution in [0.1, 0.15) is 58.3 Å². The number of unbranched alkanes of at least 4 members (excludes halogenated alkanes) is 5. The Morgan fingerprint density at radius 3 is 2.59 bits per heavy atom. The number of carboxylic acid groups (broad SMARTS) is 1. The number of carbonyl (C=O) groups is 2. The molecule has 3 aromatic rings. The SMILES string of the molecule is CCCCCCCCC(=O)NC1C(O)CC(Oc2ccc(Br)cc2-c2nc3ccccc3s2)(C(=O)O)OC1C(O)C(O)CO. The molecule has 1 aromatic heterocycles. The first-order chi connectivity index (χ1) is 21.1. The van der Waals surface area contributed by atoms with Gasteiger partial charge in [0.15, 0.2) is 0 Å². The van der Waals surface area contributed by atoms with E-state index in [1.807, 2.05) is 24.3 Å². The molecule has 6 N–H and O–H groups in total. The van der Waals surface area contributed by atoms with Gasteiger partial charge in [-0.2, -0.15) is 0 Å². The number of ether oxygens (including phenoxy) is 2. The van der Waals surface area contributed by atoms with Crippen LogP contribution in [-0.2, 0) is 14.3 Å².